The molecule has 0 fully saturated rings. The Morgan fingerprint density at radius 1 is 0.649 bits per heavy atom. The number of fused-ring (bicyclic) bond motifs is 2. The molecule has 2 amide bonds. The van der Waals surface area contributed by atoms with E-state index in [1.165, 1.54) is 12.1 Å². The molecule has 0 radical (unpaired) electrons. The maximum absolute atomic E-state index is 14.4. The average Bonchev–Trinajstić information content (AvgIpc) is 2.80. The van der Waals surface area contributed by atoms with Gasteiger partial charge in [-0.3, -0.25) is 9.59 Å². The van der Waals surface area contributed by atoms with Crippen molar-refractivity contribution < 1.29 is 42.6 Å². The third-order valence-corrected chi connectivity index (χ3v) is 6.98. The molecule has 0 saturated heterocycles. The molecule has 6 N–H and O–H groups in total. The second-order valence-corrected chi connectivity index (χ2v) is 9.14. The number of alkyl halides is 3. The van der Waals surface area contributed by atoms with Crippen LogP contribution in [0, 0.1) is 0 Å². The highest BCUT2D eigenvalue weighted by molar-refractivity contribution is 9.10. The zero-order valence-electron chi connectivity index (χ0n) is 18.2. The molecule has 0 aromatic heterocycles. The molecular weight excluding hydrogens is 561 g/mol. The molecule has 37 heavy (non-hydrogen) atoms. The quantitative estimate of drug-likeness (QED) is 0.173. The van der Waals surface area contributed by atoms with Crippen molar-refractivity contribution >= 4 is 82.8 Å². The van der Waals surface area contributed by atoms with Crippen LogP contribution in [0.2, 0.25) is 0 Å². The fourth-order valence-electron chi connectivity index (χ4n) is 5.03. The lowest BCUT2D eigenvalue weighted by atomic mass is 9.82. The lowest BCUT2D eigenvalue weighted by Gasteiger charge is -2.22. The molecule has 0 aliphatic rings. The second kappa shape index (κ2) is 7.77. The van der Waals surface area contributed by atoms with E-state index in [1.807, 2.05) is 0 Å². The van der Waals surface area contributed by atoms with Gasteiger partial charge in [-0.05, 0) is 40.4 Å². The third kappa shape index (κ3) is 3.29. The first-order chi connectivity index (χ1) is 17.3. The third-order valence-electron chi connectivity index (χ3n) is 6.35. The van der Waals surface area contributed by atoms with Gasteiger partial charge < -0.3 is 21.7 Å². The second-order valence-electron chi connectivity index (χ2n) is 8.29. The number of carbonyl (C=O) groups excluding carboxylic acids is 2. The highest BCUT2D eigenvalue weighted by Crippen LogP contribution is 2.50. The summed E-state index contributed by atoms with van der Waals surface area (Å²) in [5, 5.41) is 18.6. The van der Waals surface area contributed by atoms with Gasteiger partial charge in [0.25, 0.3) is 0 Å². The minimum Gasteiger partial charge on any atom is -0.478 e. The Balaban J connectivity index is 2.29. The molecule has 5 rings (SSSR count). The van der Waals surface area contributed by atoms with Crippen molar-refractivity contribution in [2.24, 2.45) is 11.5 Å². The van der Waals surface area contributed by atoms with Crippen LogP contribution in [0.3, 0.4) is 0 Å². The summed E-state index contributed by atoms with van der Waals surface area (Å²) in [6, 6.07) is 6.36. The number of rotatable bonds is 4. The number of amides is 2. The summed E-state index contributed by atoms with van der Waals surface area (Å²) in [7, 11) is 0. The molecule has 5 aromatic carbocycles. The number of carboxylic acid groups (broad SMARTS) is 2. The van der Waals surface area contributed by atoms with Crippen LogP contribution in [0.1, 0.15) is 47.0 Å². The molecule has 8 nitrogen and oxygen atoms in total. The number of carbonyl (C=O) groups is 4. The number of nitrogens with two attached hydrogens (primary N) is 2. The summed E-state index contributed by atoms with van der Waals surface area (Å²) in [6.45, 7) is 0. The average molecular weight is 573 g/mol. The minimum absolute atomic E-state index is 0.0513. The van der Waals surface area contributed by atoms with Crippen molar-refractivity contribution in [2.45, 2.75) is 6.18 Å². The first-order valence-corrected chi connectivity index (χ1v) is 11.1. The first-order valence-electron chi connectivity index (χ1n) is 10.3. The van der Waals surface area contributed by atoms with Gasteiger partial charge in [0, 0.05) is 42.5 Å². The molecule has 0 heterocycles. The number of carboxylic acids is 2. The van der Waals surface area contributed by atoms with E-state index in [0.29, 0.717) is 6.07 Å². The van der Waals surface area contributed by atoms with E-state index in [2.05, 4.69) is 15.9 Å². The summed E-state index contributed by atoms with van der Waals surface area (Å²) in [5.41, 5.74) is 7.94. The molecule has 0 spiro atoms. The van der Waals surface area contributed by atoms with E-state index in [4.69, 9.17) is 11.5 Å². The van der Waals surface area contributed by atoms with Crippen molar-refractivity contribution in [3.05, 3.63) is 68.7 Å². The Morgan fingerprint density at radius 2 is 1.14 bits per heavy atom. The molecule has 0 atom stereocenters. The van der Waals surface area contributed by atoms with Gasteiger partial charge in [0.1, 0.15) is 0 Å². The molecule has 186 valence electrons. The Labute approximate surface area is 211 Å². The van der Waals surface area contributed by atoms with E-state index in [9.17, 15) is 42.6 Å². The van der Waals surface area contributed by atoms with Gasteiger partial charge >= 0.3 is 18.1 Å². The molecule has 0 bridgehead atoms. The standard InChI is InChI=1S/C25H12BrF3N2O6/c26-14-6-12(24(36)37)16-10(23(34)35)4-2-7-17-13(25(27,28)29)5-11(22(31)33)15-9(21(30)32)3-1-8(19(15)17)18(14)20(7)16/h1-6H,(H2,30,32)(H2,31,33)(H,34,35)(H,36,37). The summed E-state index contributed by atoms with van der Waals surface area (Å²) >= 11 is 3.28. The SMILES string of the molecule is NC(=O)c1ccc2c3c(Br)cc(C(=O)O)c4c(C(=O)O)ccc(c5c(C(F)(F)F)cc(C(N)=O)c1c25)c43. The predicted molar refractivity (Wildman–Crippen MR) is 131 cm³/mol. The van der Waals surface area contributed by atoms with E-state index in [-0.39, 0.29) is 47.7 Å². The van der Waals surface area contributed by atoms with Crippen molar-refractivity contribution in [2.75, 3.05) is 0 Å². The number of benzene rings is 5. The topological polar surface area (TPSA) is 161 Å². The lowest BCUT2D eigenvalue weighted by molar-refractivity contribution is -0.136. The zero-order chi connectivity index (χ0) is 27.1. The minimum atomic E-state index is -5.02. The number of aromatic carboxylic acids is 2. The molecule has 5 aromatic rings. The van der Waals surface area contributed by atoms with Crippen LogP contribution in [0.5, 0.6) is 0 Å². The molecule has 0 aliphatic heterocycles. The van der Waals surface area contributed by atoms with Crippen LogP contribution in [0.4, 0.5) is 13.2 Å². The normalized spacial score (nSPS) is 12.1. The van der Waals surface area contributed by atoms with E-state index in [1.54, 1.807) is 0 Å². The smallest absolute Gasteiger partial charge is 0.417 e. The highest BCUT2D eigenvalue weighted by atomic mass is 79.9. The van der Waals surface area contributed by atoms with Crippen LogP contribution in [0.25, 0.3) is 43.1 Å². The predicted octanol–water partition coefficient (Wildman–Crippen LogP) is 5.11. The van der Waals surface area contributed by atoms with Gasteiger partial charge in [-0.1, -0.05) is 28.1 Å². The number of primary amides is 2. The largest absolute Gasteiger partial charge is 0.478 e. The highest BCUT2D eigenvalue weighted by Gasteiger charge is 2.37. The molecule has 0 saturated carbocycles. The Bertz CT molecular complexity index is 1900. The Morgan fingerprint density at radius 3 is 1.65 bits per heavy atom. The fraction of sp³-hybridized carbons (Fsp3) is 0.0400. The van der Waals surface area contributed by atoms with Gasteiger partial charge in [0.2, 0.25) is 11.8 Å². The summed E-state index contributed by atoms with van der Waals surface area (Å²) < 4.78 is 43.4. The number of halogens is 4. The van der Waals surface area contributed by atoms with E-state index < -0.39 is 57.6 Å². The van der Waals surface area contributed by atoms with Crippen molar-refractivity contribution in [3.8, 4) is 0 Å². The van der Waals surface area contributed by atoms with E-state index >= 15 is 0 Å². The van der Waals surface area contributed by atoms with Gasteiger partial charge in [-0.15, -0.1) is 0 Å². The van der Waals surface area contributed by atoms with Crippen LogP contribution in [-0.2, 0) is 6.18 Å². The lowest BCUT2D eigenvalue weighted by Crippen LogP contribution is -2.19. The zero-order valence-corrected chi connectivity index (χ0v) is 19.7. The fourth-order valence-corrected chi connectivity index (χ4v) is 5.67. The first kappa shape index (κ1) is 24.3. The van der Waals surface area contributed by atoms with Crippen LogP contribution in [-0.4, -0.2) is 34.0 Å². The number of hydrogen-bond donors (Lipinski definition) is 4. The Hall–Kier alpha value is -4.45. The Kier molecular flexibility index (Phi) is 5.09. The van der Waals surface area contributed by atoms with Crippen LogP contribution >= 0.6 is 15.9 Å². The summed E-state index contributed by atoms with van der Waals surface area (Å²) in [5.74, 6) is -5.22. The summed E-state index contributed by atoms with van der Waals surface area (Å²) in [4.78, 5) is 48.6. The molecule has 0 unspecified atom stereocenters. The van der Waals surface area contributed by atoms with E-state index in [0.717, 1.165) is 18.2 Å². The van der Waals surface area contributed by atoms with Gasteiger partial charge in [0.15, 0.2) is 0 Å². The van der Waals surface area contributed by atoms with Crippen LogP contribution < -0.4 is 11.5 Å². The number of hydrogen-bond acceptors (Lipinski definition) is 4. The molecule has 0 aliphatic carbocycles. The maximum Gasteiger partial charge on any atom is 0.417 e. The van der Waals surface area contributed by atoms with Gasteiger partial charge in [-0.2, -0.15) is 13.2 Å². The summed E-state index contributed by atoms with van der Waals surface area (Å²) in [6.07, 6.45) is -5.02. The monoisotopic (exact) mass is 572 g/mol. The maximum atomic E-state index is 14.4. The molecule has 12 heteroatoms. The van der Waals surface area contributed by atoms with Crippen molar-refractivity contribution in [1.82, 2.24) is 0 Å². The van der Waals surface area contributed by atoms with Gasteiger partial charge in [-0.25, -0.2) is 9.59 Å². The molecular formula is C25H12BrF3N2O6. The van der Waals surface area contributed by atoms with Crippen molar-refractivity contribution in [3.63, 3.8) is 0 Å². The van der Waals surface area contributed by atoms with Crippen LogP contribution in [0.15, 0.2) is 40.9 Å². The van der Waals surface area contributed by atoms with Crippen molar-refractivity contribution in [1.29, 1.82) is 0 Å². The van der Waals surface area contributed by atoms with Gasteiger partial charge in [0.05, 0.1) is 16.7 Å².